The summed E-state index contributed by atoms with van der Waals surface area (Å²) in [5.74, 6) is 1.23. The molecule has 23 heavy (non-hydrogen) atoms. The number of anilines is 3. The van der Waals surface area contributed by atoms with E-state index >= 15 is 0 Å². The van der Waals surface area contributed by atoms with Crippen LogP contribution in [0.3, 0.4) is 0 Å². The van der Waals surface area contributed by atoms with E-state index in [2.05, 4.69) is 41.3 Å². The molecule has 0 spiro atoms. The van der Waals surface area contributed by atoms with Crippen molar-refractivity contribution in [3.8, 4) is 0 Å². The molecule has 1 aliphatic heterocycles. The molecule has 120 valence electrons. The highest BCUT2D eigenvalue weighted by atomic mass is 79.9. The van der Waals surface area contributed by atoms with Crippen molar-refractivity contribution < 1.29 is 4.79 Å². The van der Waals surface area contributed by atoms with E-state index < -0.39 is 0 Å². The summed E-state index contributed by atoms with van der Waals surface area (Å²) >= 11 is 3.48. The Morgan fingerprint density at radius 1 is 1.26 bits per heavy atom. The molecule has 0 aliphatic carbocycles. The summed E-state index contributed by atoms with van der Waals surface area (Å²) in [6.45, 7) is 4.91. The van der Waals surface area contributed by atoms with E-state index in [4.69, 9.17) is 0 Å². The number of halogens is 1. The smallest absolute Gasteiger partial charge is 0.249 e. The van der Waals surface area contributed by atoms with Gasteiger partial charge in [0.2, 0.25) is 12.4 Å². The van der Waals surface area contributed by atoms with Gasteiger partial charge in [0.25, 0.3) is 0 Å². The van der Waals surface area contributed by atoms with Crippen molar-refractivity contribution in [2.45, 2.75) is 6.92 Å². The first kappa shape index (κ1) is 15.7. The van der Waals surface area contributed by atoms with Crippen molar-refractivity contribution in [3.63, 3.8) is 0 Å². The molecular formula is C15H17BrN6O. The lowest BCUT2D eigenvalue weighted by atomic mass is 10.2. The molecule has 0 bridgehead atoms. The molecule has 2 heterocycles. The maximum atomic E-state index is 10.8. The Morgan fingerprint density at radius 2 is 2.04 bits per heavy atom. The van der Waals surface area contributed by atoms with Gasteiger partial charge in [-0.1, -0.05) is 15.9 Å². The van der Waals surface area contributed by atoms with Crippen molar-refractivity contribution >= 4 is 39.8 Å². The molecule has 2 aromatic rings. The summed E-state index contributed by atoms with van der Waals surface area (Å²) < 4.78 is 1.06. The first-order valence-corrected chi connectivity index (χ1v) is 8.12. The van der Waals surface area contributed by atoms with Crippen molar-refractivity contribution in [2.24, 2.45) is 0 Å². The van der Waals surface area contributed by atoms with Crippen molar-refractivity contribution in [1.82, 2.24) is 20.1 Å². The fraction of sp³-hybridized carbons (Fsp3) is 0.333. The fourth-order valence-corrected chi connectivity index (χ4v) is 2.65. The van der Waals surface area contributed by atoms with Gasteiger partial charge in [0.1, 0.15) is 0 Å². The predicted molar refractivity (Wildman–Crippen MR) is 91.8 cm³/mol. The molecule has 0 unspecified atom stereocenters. The Bertz CT molecular complexity index is 702. The SMILES string of the molecule is Cc1cc(Nc2nncc(N3CCN(C=O)CC3)n2)ccc1Br. The molecule has 0 atom stereocenters. The van der Waals surface area contributed by atoms with Crippen LogP contribution in [0.1, 0.15) is 5.56 Å². The molecule has 3 rings (SSSR count). The molecule has 0 radical (unpaired) electrons. The Hall–Kier alpha value is -2.22. The van der Waals surface area contributed by atoms with Crippen LogP contribution in [0.4, 0.5) is 17.5 Å². The van der Waals surface area contributed by atoms with E-state index in [9.17, 15) is 4.79 Å². The molecule has 1 amide bonds. The number of hydrogen-bond donors (Lipinski definition) is 1. The second-order valence-electron chi connectivity index (χ2n) is 5.36. The highest BCUT2D eigenvalue weighted by Gasteiger charge is 2.17. The predicted octanol–water partition coefficient (Wildman–Crippen LogP) is 1.96. The minimum Gasteiger partial charge on any atom is -0.352 e. The summed E-state index contributed by atoms with van der Waals surface area (Å²) in [6, 6.07) is 5.95. The van der Waals surface area contributed by atoms with Gasteiger partial charge in [0.05, 0.1) is 6.20 Å². The lowest BCUT2D eigenvalue weighted by Gasteiger charge is -2.33. The van der Waals surface area contributed by atoms with E-state index in [1.807, 2.05) is 25.1 Å². The normalized spacial score (nSPS) is 14.7. The van der Waals surface area contributed by atoms with Crippen LogP contribution in [0.25, 0.3) is 0 Å². The standard InChI is InChI=1S/C15H17BrN6O/c1-11-8-12(2-3-13(11)16)18-15-19-14(9-17-20-15)22-6-4-21(10-23)5-7-22/h2-3,8-10H,4-7H2,1H3,(H,18,19,20). The zero-order valence-electron chi connectivity index (χ0n) is 12.7. The van der Waals surface area contributed by atoms with Crippen LogP contribution >= 0.6 is 15.9 Å². The number of aryl methyl sites for hydroxylation is 1. The number of amides is 1. The van der Waals surface area contributed by atoms with E-state index in [1.54, 1.807) is 11.1 Å². The Morgan fingerprint density at radius 3 is 2.74 bits per heavy atom. The fourth-order valence-electron chi connectivity index (χ4n) is 2.41. The number of nitrogens with zero attached hydrogens (tertiary/aromatic N) is 5. The minimum absolute atomic E-state index is 0.460. The summed E-state index contributed by atoms with van der Waals surface area (Å²) in [6.07, 6.45) is 2.53. The summed E-state index contributed by atoms with van der Waals surface area (Å²) in [7, 11) is 0. The Kier molecular flexibility index (Phi) is 4.71. The summed E-state index contributed by atoms with van der Waals surface area (Å²) in [5, 5.41) is 11.2. The Labute approximate surface area is 142 Å². The van der Waals surface area contributed by atoms with Gasteiger partial charge in [-0.15, -0.1) is 5.10 Å². The first-order valence-electron chi connectivity index (χ1n) is 7.33. The third kappa shape index (κ3) is 3.76. The topological polar surface area (TPSA) is 74.2 Å². The van der Waals surface area contributed by atoms with Crippen LogP contribution in [-0.2, 0) is 4.79 Å². The van der Waals surface area contributed by atoms with Gasteiger partial charge >= 0.3 is 0 Å². The second kappa shape index (κ2) is 6.91. The van der Waals surface area contributed by atoms with E-state index in [1.165, 1.54) is 0 Å². The summed E-state index contributed by atoms with van der Waals surface area (Å²) in [5.41, 5.74) is 2.04. The molecule has 1 saturated heterocycles. The van der Waals surface area contributed by atoms with Crippen molar-refractivity contribution in [3.05, 3.63) is 34.4 Å². The molecule has 1 fully saturated rings. The summed E-state index contributed by atoms with van der Waals surface area (Å²) in [4.78, 5) is 19.1. The van der Waals surface area contributed by atoms with Gasteiger partial charge in [0.15, 0.2) is 5.82 Å². The maximum Gasteiger partial charge on any atom is 0.249 e. The van der Waals surface area contributed by atoms with Crippen LogP contribution in [-0.4, -0.2) is 52.7 Å². The van der Waals surface area contributed by atoms with Crippen LogP contribution < -0.4 is 10.2 Å². The highest BCUT2D eigenvalue weighted by molar-refractivity contribution is 9.10. The average Bonchev–Trinajstić information content (AvgIpc) is 2.58. The first-order chi connectivity index (χ1) is 11.2. The van der Waals surface area contributed by atoms with Crippen molar-refractivity contribution in [2.75, 3.05) is 36.4 Å². The van der Waals surface area contributed by atoms with Crippen LogP contribution in [0.5, 0.6) is 0 Å². The van der Waals surface area contributed by atoms with Crippen LogP contribution in [0, 0.1) is 6.92 Å². The average molecular weight is 377 g/mol. The number of benzene rings is 1. The number of aromatic nitrogens is 3. The second-order valence-corrected chi connectivity index (χ2v) is 6.21. The number of hydrogen-bond acceptors (Lipinski definition) is 6. The number of piperazine rings is 1. The zero-order valence-corrected chi connectivity index (χ0v) is 14.3. The van der Waals surface area contributed by atoms with Gasteiger partial charge < -0.3 is 15.1 Å². The van der Waals surface area contributed by atoms with Gasteiger partial charge in [-0.05, 0) is 30.7 Å². The molecular weight excluding hydrogens is 360 g/mol. The van der Waals surface area contributed by atoms with Gasteiger partial charge in [0, 0.05) is 36.3 Å². The van der Waals surface area contributed by atoms with Crippen LogP contribution in [0.15, 0.2) is 28.9 Å². The molecule has 1 aromatic heterocycles. The lowest BCUT2D eigenvalue weighted by molar-refractivity contribution is -0.118. The molecule has 1 aliphatic rings. The monoisotopic (exact) mass is 376 g/mol. The van der Waals surface area contributed by atoms with Gasteiger partial charge in [-0.2, -0.15) is 10.1 Å². The Balaban J connectivity index is 1.72. The van der Waals surface area contributed by atoms with E-state index in [0.29, 0.717) is 19.0 Å². The third-order valence-electron chi connectivity index (χ3n) is 3.75. The number of carbonyl (C=O) groups excluding carboxylic acids is 1. The molecule has 7 nitrogen and oxygen atoms in total. The largest absolute Gasteiger partial charge is 0.352 e. The molecule has 1 aromatic carbocycles. The quantitative estimate of drug-likeness (QED) is 0.822. The maximum absolute atomic E-state index is 10.8. The zero-order chi connectivity index (χ0) is 16.2. The van der Waals surface area contributed by atoms with E-state index in [-0.39, 0.29) is 0 Å². The van der Waals surface area contributed by atoms with E-state index in [0.717, 1.165) is 41.0 Å². The van der Waals surface area contributed by atoms with Gasteiger partial charge in [-0.3, -0.25) is 4.79 Å². The number of rotatable bonds is 4. The highest BCUT2D eigenvalue weighted by Crippen LogP contribution is 2.22. The number of nitrogens with one attached hydrogen (secondary N) is 1. The third-order valence-corrected chi connectivity index (χ3v) is 4.64. The molecule has 1 N–H and O–H groups in total. The van der Waals surface area contributed by atoms with Crippen LogP contribution in [0.2, 0.25) is 0 Å². The minimum atomic E-state index is 0.460. The molecule has 8 heteroatoms. The number of carbonyl (C=O) groups is 1. The molecule has 0 saturated carbocycles. The lowest BCUT2D eigenvalue weighted by Crippen LogP contribution is -2.46. The van der Waals surface area contributed by atoms with Crippen molar-refractivity contribution in [1.29, 1.82) is 0 Å². The van der Waals surface area contributed by atoms with Gasteiger partial charge in [-0.25, -0.2) is 0 Å².